The number of thiazole rings is 1. The molecule has 0 aromatic carbocycles. The predicted molar refractivity (Wildman–Crippen MR) is 86.2 cm³/mol. The third-order valence-corrected chi connectivity index (χ3v) is 4.71. The average Bonchev–Trinajstić information content (AvgIpc) is 3.14. The lowest BCUT2D eigenvalue weighted by Gasteiger charge is -2.19. The smallest absolute Gasteiger partial charge is 0.274 e. The Morgan fingerprint density at radius 2 is 2.23 bits per heavy atom. The number of likely N-dealkylation sites (tertiary alicyclic amines) is 1. The van der Waals surface area contributed by atoms with Gasteiger partial charge in [-0.05, 0) is 26.8 Å². The molecule has 1 aliphatic heterocycles. The molecule has 0 unspecified atom stereocenters. The highest BCUT2D eigenvalue weighted by atomic mass is 32.1. The van der Waals surface area contributed by atoms with Crippen LogP contribution < -0.4 is 0 Å². The molecule has 0 aliphatic carbocycles. The molecule has 0 saturated carbocycles. The largest absolute Gasteiger partial charge is 0.392 e. The Morgan fingerprint density at radius 1 is 1.50 bits per heavy atom. The summed E-state index contributed by atoms with van der Waals surface area (Å²) >= 11 is 1.54. The molecule has 1 fully saturated rings. The lowest BCUT2D eigenvalue weighted by atomic mass is 10.2. The normalized spacial score (nSPS) is 16.8. The minimum absolute atomic E-state index is 0.0360. The van der Waals surface area contributed by atoms with Crippen LogP contribution in [0.5, 0.6) is 0 Å². The number of nitrogens with zero attached hydrogens (tertiary/aromatic N) is 4. The van der Waals surface area contributed by atoms with Crippen molar-refractivity contribution >= 4 is 22.2 Å². The highest BCUT2D eigenvalue weighted by molar-refractivity contribution is 7.15. The molecule has 6 nitrogen and oxygen atoms in total. The molecule has 1 amide bonds. The van der Waals surface area contributed by atoms with Gasteiger partial charge >= 0.3 is 0 Å². The summed E-state index contributed by atoms with van der Waals surface area (Å²) < 4.78 is 1.99. The maximum Gasteiger partial charge on any atom is 0.274 e. The Balaban J connectivity index is 1.90. The van der Waals surface area contributed by atoms with Gasteiger partial charge < -0.3 is 10.0 Å². The zero-order chi connectivity index (χ0) is 15.7. The van der Waals surface area contributed by atoms with Crippen molar-refractivity contribution in [3.8, 4) is 0 Å². The van der Waals surface area contributed by atoms with E-state index in [9.17, 15) is 9.90 Å². The van der Waals surface area contributed by atoms with Crippen molar-refractivity contribution in [3.63, 3.8) is 0 Å². The van der Waals surface area contributed by atoms with Crippen molar-refractivity contribution in [2.24, 2.45) is 0 Å². The molecule has 7 heteroatoms. The van der Waals surface area contributed by atoms with Gasteiger partial charge in [-0.25, -0.2) is 4.98 Å². The molecule has 0 bridgehead atoms. The third-order valence-electron chi connectivity index (χ3n) is 3.95. The maximum absolute atomic E-state index is 12.7. The zero-order valence-corrected chi connectivity index (χ0v) is 13.8. The summed E-state index contributed by atoms with van der Waals surface area (Å²) in [5.74, 6) is 0.0360. The van der Waals surface area contributed by atoms with Gasteiger partial charge in [-0.15, -0.1) is 11.3 Å². The molecular formula is C15H22N4O2S. The van der Waals surface area contributed by atoms with Crippen LogP contribution in [0.4, 0.5) is 0 Å². The number of likely N-dealkylation sites (N-methyl/N-ethyl adjacent to an activating group) is 1. The van der Waals surface area contributed by atoms with Crippen LogP contribution in [0.3, 0.4) is 0 Å². The first-order valence-corrected chi connectivity index (χ1v) is 8.54. The second kappa shape index (κ2) is 6.36. The van der Waals surface area contributed by atoms with E-state index in [-0.39, 0.29) is 5.91 Å². The van der Waals surface area contributed by atoms with Crippen LogP contribution in [0.2, 0.25) is 0 Å². The number of hydrogen-bond donors (Lipinski definition) is 1. The van der Waals surface area contributed by atoms with E-state index in [1.54, 1.807) is 6.92 Å². The zero-order valence-electron chi connectivity index (χ0n) is 13.0. The molecule has 2 aromatic rings. The second-order valence-electron chi connectivity index (χ2n) is 6.01. The fourth-order valence-corrected chi connectivity index (χ4v) is 3.73. The molecule has 3 rings (SSSR count). The quantitative estimate of drug-likeness (QED) is 0.905. The van der Waals surface area contributed by atoms with Crippen LogP contribution in [0.1, 0.15) is 35.9 Å². The fourth-order valence-electron chi connectivity index (χ4n) is 3.00. The van der Waals surface area contributed by atoms with E-state index in [2.05, 4.69) is 4.98 Å². The number of hydrogen-bond acceptors (Lipinski definition) is 5. The summed E-state index contributed by atoms with van der Waals surface area (Å²) in [6.45, 7) is 4.58. The third kappa shape index (κ3) is 3.02. The fraction of sp³-hybridized carbons (Fsp3) is 0.600. The molecule has 1 aliphatic rings. The van der Waals surface area contributed by atoms with Gasteiger partial charge in [-0.1, -0.05) is 0 Å². The van der Waals surface area contributed by atoms with Crippen molar-refractivity contribution in [2.45, 2.75) is 32.4 Å². The van der Waals surface area contributed by atoms with Crippen molar-refractivity contribution in [3.05, 3.63) is 23.0 Å². The molecular weight excluding hydrogens is 300 g/mol. The Labute approximate surface area is 134 Å². The van der Waals surface area contributed by atoms with Crippen LogP contribution in [0.25, 0.3) is 4.96 Å². The molecule has 120 valence electrons. The van der Waals surface area contributed by atoms with Crippen LogP contribution in [-0.2, 0) is 6.54 Å². The van der Waals surface area contributed by atoms with Gasteiger partial charge in [-0.3, -0.25) is 14.1 Å². The Hall–Kier alpha value is -1.44. The van der Waals surface area contributed by atoms with Gasteiger partial charge in [0.15, 0.2) is 10.7 Å². The number of carbonyl (C=O) groups is 1. The number of aliphatic hydroxyl groups excluding tert-OH is 1. The van der Waals surface area contributed by atoms with E-state index < -0.39 is 6.10 Å². The SMILES string of the molecule is C[C@@H](O)CN(C)Cc1c(C(=O)N2CCCC2)nc2sccn12. The average molecular weight is 322 g/mol. The molecule has 2 aromatic heterocycles. The predicted octanol–water partition coefficient (Wildman–Crippen LogP) is 1.44. The highest BCUT2D eigenvalue weighted by Gasteiger charge is 2.26. The van der Waals surface area contributed by atoms with E-state index in [0.29, 0.717) is 18.8 Å². The molecule has 0 spiro atoms. The number of imidazole rings is 1. The van der Waals surface area contributed by atoms with Gasteiger partial charge in [0.2, 0.25) is 0 Å². The lowest BCUT2D eigenvalue weighted by Crippen LogP contribution is -2.31. The summed E-state index contributed by atoms with van der Waals surface area (Å²) in [7, 11) is 1.95. The monoisotopic (exact) mass is 322 g/mol. The summed E-state index contributed by atoms with van der Waals surface area (Å²) in [5.41, 5.74) is 1.47. The number of amides is 1. The van der Waals surface area contributed by atoms with E-state index >= 15 is 0 Å². The Kier molecular flexibility index (Phi) is 4.46. The minimum atomic E-state index is -0.395. The second-order valence-corrected chi connectivity index (χ2v) is 6.88. The van der Waals surface area contributed by atoms with E-state index in [1.165, 1.54) is 11.3 Å². The van der Waals surface area contributed by atoms with Crippen molar-refractivity contribution in [1.82, 2.24) is 19.2 Å². The minimum Gasteiger partial charge on any atom is -0.392 e. The maximum atomic E-state index is 12.7. The molecule has 1 atom stereocenters. The van der Waals surface area contributed by atoms with Crippen molar-refractivity contribution in [1.29, 1.82) is 0 Å². The van der Waals surface area contributed by atoms with E-state index in [1.807, 2.05) is 32.8 Å². The summed E-state index contributed by atoms with van der Waals surface area (Å²) in [5, 5.41) is 11.5. The summed E-state index contributed by atoms with van der Waals surface area (Å²) in [4.78, 5) is 22.0. The first-order valence-electron chi connectivity index (χ1n) is 7.66. The lowest BCUT2D eigenvalue weighted by molar-refractivity contribution is 0.0785. The van der Waals surface area contributed by atoms with E-state index in [0.717, 1.165) is 36.6 Å². The number of aromatic nitrogens is 2. The van der Waals surface area contributed by atoms with E-state index in [4.69, 9.17) is 0 Å². The topological polar surface area (TPSA) is 61.1 Å². The standard InChI is InChI=1S/C15H22N4O2S/c1-11(20)9-17(2)10-12-13(14(21)18-5-3-4-6-18)16-15-19(12)7-8-22-15/h7-8,11,20H,3-6,9-10H2,1-2H3/t11-/m1/s1. The van der Waals surface area contributed by atoms with Crippen LogP contribution in [-0.4, -0.2) is 63.0 Å². The first kappa shape index (κ1) is 15.5. The molecule has 0 radical (unpaired) electrons. The van der Waals surface area contributed by atoms with Gasteiger partial charge in [0.1, 0.15) is 0 Å². The van der Waals surface area contributed by atoms with Crippen LogP contribution in [0.15, 0.2) is 11.6 Å². The number of rotatable bonds is 5. The van der Waals surface area contributed by atoms with Crippen molar-refractivity contribution < 1.29 is 9.90 Å². The van der Waals surface area contributed by atoms with Crippen LogP contribution in [0, 0.1) is 0 Å². The molecule has 3 heterocycles. The Morgan fingerprint density at radius 3 is 2.91 bits per heavy atom. The number of fused-ring (bicyclic) bond motifs is 1. The highest BCUT2D eigenvalue weighted by Crippen LogP contribution is 2.22. The summed E-state index contributed by atoms with van der Waals surface area (Å²) in [6, 6.07) is 0. The molecule has 1 saturated heterocycles. The number of carbonyl (C=O) groups excluding carboxylic acids is 1. The molecule has 1 N–H and O–H groups in total. The Bertz CT molecular complexity index is 658. The summed E-state index contributed by atoms with van der Waals surface area (Å²) in [6.07, 6.45) is 3.71. The van der Waals surface area contributed by atoms with Crippen molar-refractivity contribution in [2.75, 3.05) is 26.7 Å². The van der Waals surface area contributed by atoms with Crippen LogP contribution >= 0.6 is 11.3 Å². The number of aliphatic hydroxyl groups is 1. The van der Waals surface area contributed by atoms with Gasteiger partial charge in [0.05, 0.1) is 11.8 Å². The van der Waals surface area contributed by atoms with Gasteiger partial charge in [0, 0.05) is 37.8 Å². The van der Waals surface area contributed by atoms with Gasteiger partial charge in [-0.2, -0.15) is 0 Å². The molecule has 22 heavy (non-hydrogen) atoms. The van der Waals surface area contributed by atoms with Gasteiger partial charge in [0.25, 0.3) is 5.91 Å². The first-order chi connectivity index (χ1) is 10.6.